The Labute approximate surface area is 202 Å². The summed E-state index contributed by atoms with van der Waals surface area (Å²) < 4.78 is 11.2. The summed E-state index contributed by atoms with van der Waals surface area (Å²) in [7, 11) is 1.65. The van der Waals surface area contributed by atoms with Crippen LogP contribution in [0, 0.1) is 6.92 Å². The molecule has 0 radical (unpaired) electrons. The van der Waals surface area contributed by atoms with Crippen molar-refractivity contribution < 1.29 is 9.47 Å². The highest BCUT2D eigenvalue weighted by molar-refractivity contribution is 7.80. The fourth-order valence-electron chi connectivity index (χ4n) is 4.04. The topological polar surface area (TPSA) is 46.6 Å². The fraction of sp³-hybridized carbons (Fsp3) is 0.154. The molecule has 0 spiro atoms. The third-order valence-electron chi connectivity index (χ3n) is 5.68. The van der Waals surface area contributed by atoms with Crippen molar-refractivity contribution in [3.63, 3.8) is 0 Å². The quantitative estimate of drug-likeness (QED) is 0.326. The number of hydrogen-bond acceptors (Lipinski definition) is 5. The Bertz CT molecular complexity index is 1240. The molecule has 2 aromatic carbocycles. The Hall–Kier alpha value is -3.42. The molecule has 1 fully saturated rings. The number of ether oxygens (including phenoxy) is 2. The van der Waals surface area contributed by atoms with Crippen LogP contribution in [-0.2, 0) is 0 Å². The SMILES string of the molecule is COc1ccc(Oc2ccc(N3C(=S)N[C@H](c4ccccn4)[C@@H]3c3sccc3C)cc2)cc1. The minimum absolute atomic E-state index is 0.0146. The molecule has 2 aromatic heterocycles. The van der Waals surface area contributed by atoms with E-state index in [4.69, 9.17) is 21.7 Å². The van der Waals surface area contributed by atoms with Crippen molar-refractivity contribution in [3.05, 3.63) is 101 Å². The van der Waals surface area contributed by atoms with Gasteiger partial charge < -0.3 is 19.7 Å². The predicted molar refractivity (Wildman–Crippen MR) is 136 cm³/mol. The van der Waals surface area contributed by atoms with Gasteiger partial charge in [-0.2, -0.15) is 0 Å². The highest BCUT2D eigenvalue weighted by Crippen LogP contribution is 2.44. The minimum atomic E-state index is -0.0359. The van der Waals surface area contributed by atoms with Crippen LogP contribution in [0.1, 0.15) is 28.2 Å². The van der Waals surface area contributed by atoms with Crippen molar-refractivity contribution in [2.75, 3.05) is 12.0 Å². The molecule has 7 heteroatoms. The first-order valence-electron chi connectivity index (χ1n) is 10.6. The van der Waals surface area contributed by atoms with Gasteiger partial charge in [-0.15, -0.1) is 11.3 Å². The Kier molecular flexibility index (Phi) is 5.98. The zero-order valence-corrected chi connectivity index (χ0v) is 19.9. The van der Waals surface area contributed by atoms with Crippen LogP contribution in [-0.4, -0.2) is 17.2 Å². The molecule has 166 valence electrons. The minimum Gasteiger partial charge on any atom is -0.497 e. The highest BCUT2D eigenvalue weighted by Gasteiger charge is 2.41. The fourth-order valence-corrected chi connectivity index (χ4v) is 5.44. The van der Waals surface area contributed by atoms with Gasteiger partial charge in [0.05, 0.1) is 24.9 Å². The molecule has 1 saturated heterocycles. The summed E-state index contributed by atoms with van der Waals surface area (Å²) in [6, 6.07) is 23.7. The molecule has 5 nitrogen and oxygen atoms in total. The van der Waals surface area contributed by atoms with E-state index < -0.39 is 0 Å². The van der Waals surface area contributed by atoms with Crippen molar-refractivity contribution >= 4 is 34.4 Å². The van der Waals surface area contributed by atoms with Crippen LogP contribution >= 0.6 is 23.6 Å². The number of aryl methyl sites for hydroxylation is 1. The lowest BCUT2D eigenvalue weighted by atomic mass is 10.0. The number of hydrogen-bond donors (Lipinski definition) is 1. The summed E-state index contributed by atoms with van der Waals surface area (Å²) in [4.78, 5) is 8.07. The molecule has 5 rings (SSSR count). The third kappa shape index (κ3) is 4.29. The standard InChI is InChI=1S/C26H23N3O2S2/c1-17-14-16-33-25(17)24-23(22-5-3-4-15-27-22)28-26(32)29(24)18-6-8-20(9-7-18)31-21-12-10-19(30-2)11-13-21/h3-16,23-24H,1-2H3,(H,28,32)/t23-,24-/m1/s1. The molecule has 0 unspecified atom stereocenters. The molecule has 3 heterocycles. The first-order valence-corrected chi connectivity index (χ1v) is 11.9. The Morgan fingerprint density at radius 1 is 0.939 bits per heavy atom. The second-order valence-corrected chi connectivity index (χ2v) is 9.07. The van der Waals surface area contributed by atoms with Crippen molar-refractivity contribution in [2.45, 2.75) is 19.0 Å². The van der Waals surface area contributed by atoms with E-state index in [0.717, 1.165) is 28.6 Å². The maximum absolute atomic E-state index is 6.00. The summed E-state index contributed by atoms with van der Waals surface area (Å²) in [5, 5.41) is 6.33. The van der Waals surface area contributed by atoms with Crippen LogP contribution in [0.5, 0.6) is 17.2 Å². The molecule has 0 saturated carbocycles. The van der Waals surface area contributed by atoms with E-state index in [-0.39, 0.29) is 12.1 Å². The molecule has 0 amide bonds. The van der Waals surface area contributed by atoms with Crippen LogP contribution in [0.25, 0.3) is 0 Å². The first kappa shape index (κ1) is 21.4. The Morgan fingerprint density at radius 2 is 1.64 bits per heavy atom. The van der Waals surface area contributed by atoms with Crippen molar-refractivity contribution in [1.29, 1.82) is 0 Å². The highest BCUT2D eigenvalue weighted by atomic mass is 32.1. The number of thiophene rings is 1. The van der Waals surface area contributed by atoms with E-state index in [2.05, 4.69) is 33.6 Å². The average Bonchev–Trinajstić information content (AvgIpc) is 3.43. The van der Waals surface area contributed by atoms with Gasteiger partial charge in [-0.05, 0) is 96.8 Å². The van der Waals surface area contributed by atoms with E-state index in [1.165, 1.54) is 10.4 Å². The van der Waals surface area contributed by atoms with Gasteiger partial charge in [-0.3, -0.25) is 4.98 Å². The molecule has 33 heavy (non-hydrogen) atoms. The summed E-state index contributed by atoms with van der Waals surface area (Å²) in [5.41, 5.74) is 3.23. The monoisotopic (exact) mass is 473 g/mol. The Balaban J connectivity index is 1.45. The second kappa shape index (κ2) is 9.21. The van der Waals surface area contributed by atoms with E-state index in [1.54, 1.807) is 18.4 Å². The summed E-state index contributed by atoms with van der Waals surface area (Å²) in [5.74, 6) is 2.31. The smallest absolute Gasteiger partial charge is 0.174 e. The van der Waals surface area contributed by atoms with Crippen molar-refractivity contribution in [2.24, 2.45) is 0 Å². The molecular formula is C26H23N3O2S2. The Morgan fingerprint density at radius 3 is 2.24 bits per heavy atom. The number of anilines is 1. The lowest BCUT2D eigenvalue weighted by Gasteiger charge is -2.27. The van der Waals surface area contributed by atoms with Crippen LogP contribution in [0.3, 0.4) is 0 Å². The van der Waals surface area contributed by atoms with Crippen LogP contribution in [0.15, 0.2) is 84.4 Å². The van der Waals surface area contributed by atoms with Crippen molar-refractivity contribution in [1.82, 2.24) is 10.3 Å². The lowest BCUT2D eigenvalue weighted by molar-refractivity contribution is 0.413. The molecule has 1 aliphatic heterocycles. The normalized spacial score (nSPS) is 17.6. The zero-order chi connectivity index (χ0) is 22.8. The van der Waals surface area contributed by atoms with E-state index >= 15 is 0 Å². The summed E-state index contributed by atoms with van der Waals surface area (Å²) in [6.07, 6.45) is 1.83. The maximum atomic E-state index is 6.00. The number of thiocarbonyl (C=S) groups is 1. The summed E-state index contributed by atoms with van der Waals surface area (Å²) in [6.45, 7) is 2.15. The molecule has 1 aliphatic rings. The van der Waals surface area contributed by atoms with Crippen LogP contribution in [0.4, 0.5) is 5.69 Å². The van der Waals surface area contributed by atoms with Gasteiger partial charge in [0.25, 0.3) is 0 Å². The maximum Gasteiger partial charge on any atom is 0.174 e. The van der Waals surface area contributed by atoms with E-state index in [1.807, 2.05) is 72.9 Å². The summed E-state index contributed by atoms with van der Waals surface area (Å²) >= 11 is 7.55. The van der Waals surface area contributed by atoms with Gasteiger partial charge in [-0.1, -0.05) is 6.07 Å². The van der Waals surface area contributed by atoms with E-state index in [0.29, 0.717) is 5.11 Å². The second-order valence-electron chi connectivity index (χ2n) is 7.74. The average molecular weight is 474 g/mol. The first-order chi connectivity index (χ1) is 16.1. The molecule has 2 atom stereocenters. The van der Waals surface area contributed by atoms with Crippen LogP contribution < -0.4 is 19.7 Å². The number of rotatable bonds is 6. The van der Waals surface area contributed by atoms with E-state index in [9.17, 15) is 0 Å². The molecule has 0 aliphatic carbocycles. The number of nitrogens with zero attached hydrogens (tertiary/aromatic N) is 2. The van der Waals surface area contributed by atoms with Gasteiger partial charge in [0.2, 0.25) is 0 Å². The molecular weight excluding hydrogens is 450 g/mol. The van der Waals surface area contributed by atoms with Gasteiger partial charge in [0, 0.05) is 16.8 Å². The number of benzene rings is 2. The van der Waals surface area contributed by atoms with Gasteiger partial charge in [0.15, 0.2) is 5.11 Å². The third-order valence-corrected chi connectivity index (χ3v) is 7.08. The lowest BCUT2D eigenvalue weighted by Crippen LogP contribution is -2.29. The van der Waals surface area contributed by atoms with Gasteiger partial charge >= 0.3 is 0 Å². The zero-order valence-electron chi connectivity index (χ0n) is 18.3. The van der Waals surface area contributed by atoms with Gasteiger partial charge in [-0.25, -0.2) is 0 Å². The number of methoxy groups -OCH3 is 1. The number of aromatic nitrogens is 1. The molecule has 1 N–H and O–H groups in total. The van der Waals surface area contributed by atoms with Gasteiger partial charge in [0.1, 0.15) is 17.2 Å². The van der Waals surface area contributed by atoms with Crippen molar-refractivity contribution in [3.8, 4) is 17.2 Å². The van der Waals surface area contributed by atoms with Crippen LogP contribution in [0.2, 0.25) is 0 Å². The predicted octanol–water partition coefficient (Wildman–Crippen LogP) is 6.43. The largest absolute Gasteiger partial charge is 0.497 e. The number of nitrogens with one attached hydrogen (secondary N) is 1. The molecule has 4 aromatic rings. The molecule has 0 bridgehead atoms. The number of pyridine rings is 1.